The number of nitrogens with one attached hydrogen (secondary N) is 1. The van der Waals surface area contributed by atoms with Crippen molar-refractivity contribution in [3.63, 3.8) is 0 Å². The molecule has 0 atom stereocenters. The normalized spacial score (nSPS) is 10.3. The fourth-order valence-electron chi connectivity index (χ4n) is 1.33. The van der Waals surface area contributed by atoms with E-state index in [2.05, 4.69) is 15.5 Å². The first-order valence-electron chi connectivity index (χ1n) is 5.29. The van der Waals surface area contributed by atoms with Crippen molar-refractivity contribution in [1.82, 2.24) is 10.2 Å². The Morgan fingerprint density at radius 1 is 1.50 bits per heavy atom. The van der Waals surface area contributed by atoms with Gasteiger partial charge in [-0.15, -0.1) is 10.2 Å². The average molecular weight is 283 g/mol. The van der Waals surface area contributed by atoms with Crippen molar-refractivity contribution < 1.29 is 4.79 Å². The number of hydrogen-bond acceptors (Lipinski definition) is 5. The predicted octanol–water partition coefficient (Wildman–Crippen LogP) is 2.59. The van der Waals surface area contributed by atoms with Gasteiger partial charge < -0.3 is 5.73 Å². The van der Waals surface area contributed by atoms with Crippen LogP contribution in [0.2, 0.25) is 5.02 Å². The minimum absolute atomic E-state index is 0.313. The molecule has 5 nitrogen and oxygen atoms in total. The number of amides is 1. The van der Waals surface area contributed by atoms with Gasteiger partial charge in [-0.2, -0.15) is 0 Å². The highest BCUT2D eigenvalue weighted by molar-refractivity contribution is 7.15. The summed E-state index contributed by atoms with van der Waals surface area (Å²) in [6.07, 6.45) is 0.788. The van der Waals surface area contributed by atoms with Crippen molar-refractivity contribution in [2.24, 2.45) is 0 Å². The number of carbonyl (C=O) groups is 1. The molecule has 0 saturated heterocycles. The molecule has 1 amide bonds. The summed E-state index contributed by atoms with van der Waals surface area (Å²) >= 11 is 7.29. The first-order valence-corrected chi connectivity index (χ1v) is 6.48. The highest BCUT2D eigenvalue weighted by Gasteiger charge is 2.13. The van der Waals surface area contributed by atoms with Crippen LogP contribution in [0.4, 0.5) is 10.8 Å². The lowest BCUT2D eigenvalue weighted by atomic mass is 10.2. The summed E-state index contributed by atoms with van der Waals surface area (Å²) in [4.78, 5) is 11.9. The second-order valence-electron chi connectivity index (χ2n) is 3.55. The minimum atomic E-state index is -0.321. The van der Waals surface area contributed by atoms with Crippen LogP contribution in [-0.2, 0) is 6.42 Å². The number of hydrogen-bond donors (Lipinski definition) is 2. The fourth-order valence-corrected chi connectivity index (χ4v) is 2.28. The summed E-state index contributed by atoms with van der Waals surface area (Å²) in [5.41, 5.74) is 6.44. The topological polar surface area (TPSA) is 80.9 Å². The lowest BCUT2D eigenvalue weighted by Crippen LogP contribution is -2.12. The van der Waals surface area contributed by atoms with Gasteiger partial charge in [0, 0.05) is 5.69 Å². The van der Waals surface area contributed by atoms with Gasteiger partial charge in [0.1, 0.15) is 5.01 Å². The van der Waals surface area contributed by atoms with Crippen LogP contribution < -0.4 is 11.1 Å². The number of carbonyl (C=O) groups excluding carboxylic acids is 1. The molecule has 94 valence electrons. The summed E-state index contributed by atoms with van der Waals surface area (Å²) < 4.78 is 0. The molecule has 0 spiro atoms. The van der Waals surface area contributed by atoms with Gasteiger partial charge in [-0.1, -0.05) is 29.9 Å². The smallest absolute Gasteiger partial charge is 0.259 e. The number of halogens is 1. The van der Waals surface area contributed by atoms with Gasteiger partial charge in [0.05, 0.1) is 10.6 Å². The third-order valence-corrected chi connectivity index (χ3v) is 3.52. The molecule has 1 aromatic carbocycles. The number of aromatic nitrogens is 2. The molecule has 1 aromatic heterocycles. The minimum Gasteiger partial charge on any atom is -0.399 e. The molecular weight excluding hydrogens is 272 g/mol. The largest absolute Gasteiger partial charge is 0.399 e. The van der Waals surface area contributed by atoms with E-state index in [1.807, 2.05) is 6.92 Å². The molecule has 0 radical (unpaired) electrons. The van der Waals surface area contributed by atoms with E-state index >= 15 is 0 Å². The van der Waals surface area contributed by atoms with Crippen LogP contribution in [-0.4, -0.2) is 16.1 Å². The molecule has 0 unspecified atom stereocenters. The maximum atomic E-state index is 11.9. The molecule has 0 saturated carbocycles. The van der Waals surface area contributed by atoms with E-state index in [1.54, 1.807) is 12.1 Å². The predicted molar refractivity (Wildman–Crippen MR) is 73.1 cm³/mol. The van der Waals surface area contributed by atoms with Crippen LogP contribution in [0.25, 0.3) is 0 Å². The highest BCUT2D eigenvalue weighted by atomic mass is 35.5. The number of nitrogens with zero attached hydrogens (tertiary/aromatic N) is 2. The van der Waals surface area contributed by atoms with Crippen LogP contribution in [0, 0.1) is 0 Å². The maximum Gasteiger partial charge on any atom is 0.259 e. The zero-order valence-electron chi connectivity index (χ0n) is 9.61. The van der Waals surface area contributed by atoms with Gasteiger partial charge in [-0.05, 0) is 24.6 Å². The molecule has 1 heterocycles. The number of aryl methyl sites for hydroxylation is 1. The first kappa shape index (κ1) is 12.8. The van der Waals surface area contributed by atoms with E-state index in [4.69, 9.17) is 17.3 Å². The number of anilines is 2. The Balaban J connectivity index is 2.16. The van der Waals surface area contributed by atoms with E-state index in [0.29, 0.717) is 21.4 Å². The van der Waals surface area contributed by atoms with Crippen molar-refractivity contribution >= 4 is 39.7 Å². The van der Waals surface area contributed by atoms with Crippen LogP contribution in [0.3, 0.4) is 0 Å². The lowest BCUT2D eigenvalue weighted by molar-refractivity contribution is 0.102. The summed E-state index contributed by atoms with van der Waals surface area (Å²) in [5, 5.41) is 12.1. The lowest BCUT2D eigenvalue weighted by Gasteiger charge is -2.04. The molecule has 18 heavy (non-hydrogen) atoms. The Morgan fingerprint density at radius 3 is 2.89 bits per heavy atom. The summed E-state index contributed by atoms with van der Waals surface area (Å²) in [6.45, 7) is 1.98. The third kappa shape index (κ3) is 2.77. The van der Waals surface area contributed by atoms with Gasteiger partial charge in [-0.25, -0.2) is 0 Å². The van der Waals surface area contributed by atoms with E-state index < -0.39 is 0 Å². The monoisotopic (exact) mass is 282 g/mol. The molecule has 0 aliphatic rings. The van der Waals surface area contributed by atoms with Crippen molar-refractivity contribution in [3.05, 3.63) is 33.8 Å². The molecule has 2 rings (SSSR count). The third-order valence-electron chi connectivity index (χ3n) is 2.23. The highest BCUT2D eigenvalue weighted by Crippen LogP contribution is 2.21. The molecule has 0 aliphatic heterocycles. The van der Waals surface area contributed by atoms with E-state index in [0.717, 1.165) is 11.4 Å². The number of benzene rings is 1. The second-order valence-corrected chi connectivity index (χ2v) is 5.02. The van der Waals surface area contributed by atoms with Crippen molar-refractivity contribution in [2.75, 3.05) is 11.1 Å². The SMILES string of the molecule is CCc1nnc(NC(=O)c2ccc(N)cc2Cl)s1. The Kier molecular flexibility index (Phi) is 3.78. The number of nitrogens with two attached hydrogens (primary N) is 1. The first-order chi connectivity index (χ1) is 8.60. The summed E-state index contributed by atoms with van der Waals surface area (Å²) in [6, 6.07) is 4.74. The number of nitrogen functional groups attached to an aromatic ring is 1. The fraction of sp³-hybridized carbons (Fsp3) is 0.182. The van der Waals surface area contributed by atoms with Gasteiger partial charge in [0.2, 0.25) is 5.13 Å². The van der Waals surface area contributed by atoms with Gasteiger partial charge in [0.25, 0.3) is 5.91 Å². The van der Waals surface area contributed by atoms with Crippen LogP contribution in [0.1, 0.15) is 22.3 Å². The van der Waals surface area contributed by atoms with Crippen molar-refractivity contribution in [3.8, 4) is 0 Å². The van der Waals surface area contributed by atoms with E-state index in [-0.39, 0.29) is 5.91 Å². The Labute approximate surface area is 113 Å². The van der Waals surface area contributed by atoms with Crippen LogP contribution >= 0.6 is 22.9 Å². The summed E-state index contributed by atoms with van der Waals surface area (Å²) in [5.74, 6) is -0.321. The molecule has 7 heteroatoms. The average Bonchev–Trinajstić information content (AvgIpc) is 2.76. The Morgan fingerprint density at radius 2 is 2.28 bits per heavy atom. The van der Waals surface area contributed by atoms with Gasteiger partial charge in [-0.3, -0.25) is 10.1 Å². The van der Waals surface area contributed by atoms with Gasteiger partial charge >= 0.3 is 0 Å². The molecule has 0 bridgehead atoms. The van der Waals surface area contributed by atoms with Crippen LogP contribution in [0.15, 0.2) is 18.2 Å². The zero-order chi connectivity index (χ0) is 13.1. The van der Waals surface area contributed by atoms with Crippen LogP contribution in [0.5, 0.6) is 0 Å². The molecular formula is C11H11ClN4OS. The number of rotatable bonds is 3. The second kappa shape index (κ2) is 5.32. The molecule has 3 N–H and O–H groups in total. The van der Waals surface area contributed by atoms with E-state index in [9.17, 15) is 4.79 Å². The van der Waals surface area contributed by atoms with Crippen molar-refractivity contribution in [2.45, 2.75) is 13.3 Å². The molecule has 0 aliphatic carbocycles. The molecule has 2 aromatic rings. The molecule has 0 fully saturated rings. The van der Waals surface area contributed by atoms with Gasteiger partial charge in [0.15, 0.2) is 0 Å². The summed E-state index contributed by atoms with van der Waals surface area (Å²) in [7, 11) is 0. The van der Waals surface area contributed by atoms with Crippen molar-refractivity contribution in [1.29, 1.82) is 0 Å². The van der Waals surface area contributed by atoms with E-state index in [1.165, 1.54) is 17.4 Å². The zero-order valence-corrected chi connectivity index (χ0v) is 11.2. The maximum absolute atomic E-state index is 11.9. The Bertz CT molecular complexity index is 584. The Hall–Kier alpha value is -1.66. The quantitative estimate of drug-likeness (QED) is 0.848. The standard InChI is InChI=1S/C11H11ClN4OS/c1-2-9-15-16-11(18-9)14-10(17)7-4-3-6(13)5-8(7)12/h3-5H,2,13H2,1H3,(H,14,16,17).